The van der Waals surface area contributed by atoms with Gasteiger partial charge in [-0.2, -0.15) is 0 Å². The highest BCUT2D eigenvalue weighted by molar-refractivity contribution is 5.83. The second-order valence-electron chi connectivity index (χ2n) is 6.37. The van der Waals surface area contributed by atoms with Crippen molar-refractivity contribution >= 4 is 23.5 Å². The Morgan fingerprint density at radius 3 is 2.72 bits per heavy atom. The van der Waals surface area contributed by atoms with Gasteiger partial charge in [0.2, 0.25) is 0 Å². The van der Waals surface area contributed by atoms with E-state index in [4.69, 9.17) is 9.57 Å². The van der Waals surface area contributed by atoms with Gasteiger partial charge in [-0.1, -0.05) is 41.6 Å². The number of rotatable bonds is 8. The summed E-state index contributed by atoms with van der Waals surface area (Å²) in [5.74, 6) is -0.306. The van der Waals surface area contributed by atoms with Crippen molar-refractivity contribution in [1.29, 1.82) is 0 Å². The lowest BCUT2D eigenvalue weighted by atomic mass is 10.1. The molecule has 29 heavy (non-hydrogen) atoms. The zero-order chi connectivity index (χ0) is 20.5. The molecule has 0 spiro atoms. The van der Waals surface area contributed by atoms with Crippen molar-refractivity contribution in [2.45, 2.75) is 6.54 Å². The summed E-state index contributed by atoms with van der Waals surface area (Å²) >= 11 is 0. The van der Waals surface area contributed by atoms with E-state index in [9.17, 15) is 14.9 Å². The number of anilines is 1. The summed E-state index contributed by atoms with van der Waals surface area (Å²) < 4.78 is 5.29. The van der Waals surface area contributed by atoms with Crippen LogP contribution >= 0.6 is 0 Å². The van der Waals surface area contributed by atoms with Gasteiger partial charge in [0.25, 0.3) is 11.6 Å². The fourth-order valence-electron chi connectivity index (χ4n) is 2.88. The smallest absolute Gasteiger partial charge is 0.293 e. The van der Waals surface area contributed by atoms with Gasteiger partial charge < -0.3 is 19.8 Å². The van der Waals surface area contributed by atoms with Gasteiger partial charge in [0.1, 0.15) is 5.69 Å². The van der Waals surface area contributed by atoms with Gasteiger partial charge in [-0.05, 0) is 11.6 Å². The number of hydrogen-bond donors (Lipinski definition) is 1. The number of morpholine rings is 1. The van der Waals surface area contributed by atoms with Crippen LogP contribution in [0.5, 0.6) is 0 Å². The minimum Gasteiger partial charge on any atom is -0.386 e. The fraction of sp³-hybridized carbons (Fsp3) is 0.300. The Morgan fingerprint density at radius 1 is 1.24 bits per heavy atom. The molecule has 0 radical (unpaired) electrons. The first-order valence-corrected chi connectivity index (χ1v) is 9.20. The van der Waals surface area contributed by atoms with Gasteiger partial charge in [0.15, 0.2) is 6.61 Å². The number of ether oxygens (including phenoxy) is 1. The SMILES string of the molecule is O=C(CO/N=C\c1ccc(N2CCOCC2)c([N+](=O)[O-])c1)NCc1ccccc1. The maximum Gasteiger partial charge on any atom is 0.293 e. The van der Waals surface area contributed by atoms with E-state index < -0.39 is 4.92 Å². The molecule has 1 amide bonds. The van der Waals surface area contributed by atoms with Crippen molar-refractivity contribution in [2.24, 2.45) is 5.16 Å². The molecule has 0 bridgehead atoms. The highest BCUT2D eigenvalue weighted by Gasteiger charge is 2.21. The highest BCUT2D eigenvalue weighted by atomic mass is 16.6. The van der Waals surface area contributed by atoms with E-state index in [1.165, 1.54) is 12.3 Å². The maximum absolute atomic E-state index is 11.8. The number of hydrogen-bond acceptors (Lipinski definition) is 7. The van der Waals surface area contributed by atoms with Crippen molar-refractivity contribution < 1.29 is 19.3 Å². The maximum atomic E-state index is 11.8. The number of amides is 1. The second-order valence-corrected chi connectivity index (χ2v) is 6.37. The van der Waals surface area contributed by atoms with E-state index in [1.54, 1.807) is 12.1 Å². The summed E-state index contributed by atoms with van der Waals surface area (Å²) in [5.41, 5.74) is 2.04. The Bertz CT molecular complexity index is 866. The molecule has 0 atom stereocenters. The molecule has 2 aromatic rings. The largest absolute Gasteiger partial charge is 0.386 e. The third-order valence-electron chi connectivity index (χ3n) is 4.35. The molecule has 152 valence electrons. The number of carbonyl (C=O) groups excluding carboxylic acids is 1. The Balaban J connectivity index is 1.52. The third-order valence-corrected chi connectivity index (χ3v) is 4.35. The summed E-state index contributed by atoms with van der Waals surface area (Å²) in [4.78, 5) is 29.7. The average Bonchev–Trinajstić information content (AvgIpc) is 2.76. The second kappa shape index (κ2) is 10.2. The molecule has 2 aromatic carbocycles. The third kappa shape index (κ3) is 6.01. The van der Waals surface area contributed by atoms with Gasteiger partial charge in [-0.3, -0.25) is 14.9 Å². The topological polar surface area (TPSA) is 106 Å². The van der Waals surface area contributed by atoms with Gasteiger partial charge in [-0.15, -0.1) is 0 Å². The van der Waals surface area contributed by atoms with Crippen LogP contribution in [-0.2, 0) is 20.9 Å². The Kier molecular flexibility index (Phi) is 7.12. The van der Waals surface area contributed by atoms with Crippen molar-refractivity contribution in [1.82, 2.24) is 5.32 Å². The number of nitro benzene ring substituents is 1. The first-order valence-electron chi connectivity index (χ1n) is 9.20. The van der Waals surface area contributed by atoms with Crippen LogP contribution in [0.15, 0.2) is 53.7 Å². The van der Waals surface area contributed by atoms with Crippen LogP contribution in [-0.4, -0.2) is 50.0 Å². The van der Waals surface area contributed by atoms with E-state index in [0.29, 0.717) is 44.1 Å². The van der Waals surface area contributed by atoms with Crippen LogP contribution in [0.1, 0.15) is 11.1 Å². The lowest BCUT2D eigenvalue weighted by Gasteiger charge is -2.28. The molecule has 0 saturated carbocycles. The number of oxime groups is 1. The summed E-state index contributed by atoms with van der Waals surface area (Å²) in [7, 11) is 0. The van der Waals surface area contributed by atoms with Crippen LogP contribution in [0.4, 0.5) is 11.4 Å². The first-order chi connectivity index (χ1) is 14.1. The van der Waals surface area contributed by atoms with Gasteiger partial charge in [0, 0.05) is 31.3 Å². The van der Waals surface area contributed by atoms with Gasteiger partial charge in [-0.25, -0.2) is 0 Å². The van der Waals surface area contributed by atoms with Crippen molar-refractivity contribution in [2.75, 3.05) is 37.8 Å². The molecule has 9 nitrogen and oxygen atoms in total. The summed E-state index contributed by atoms with van der Waals surface area (Å²) in [6.45, 7) is 2.46. The Morgan fingerprint density at radius 2 is 2.00 bits per heavy atom. The number of nitrogens with one attached hydrogen (secondary N) is 1. The number of nitro groups is 1. The molecule has 9 heteroatoms. The minimum atomic E-state index is -0.417. The molecule has 1 aliphatic heterocycles. The molecule has 3 rings (SSSR count). The lowest BCUT2D eigenvalue weighted by Crippen LogP contribution is -2.36. The average molecular weight is 398 g/mol. The molecule has 1 saturated heterocycles. The van der Waals surface area contributed by atoms with Crippen molar-refractivity contribution in [3.63, 3.8) is 0 Å². The van der Waals surface area contributed by atoms with E-state index in [2.05, 4.69) is 10.5 Å². The highest BCUT2D eigenvalue weighted by Crippen LogP contribution is 2.29. The van der Waals surface area contributed by atoms with Gasteiger partial charge >= 0.3 is 0 Å². The van der Waals surface area contributed by atoms with Gasteiger partial charge in [0.05, 0.1) is 24.4 Å². The molecule has 0 aromatic heterocycles. The van der Waals surface area contributed by atoms with E-state index >= 15 is 0 Å². The molecule has 1 N–H and O–H groups in total. The number of benzene rings is 2. The van der Waals surface area contributed by atoms with Crippen LogP contribution in [0, 0.1) is 10.1 Å². The molecule has 0 unspecified atom stereocenters. The monoisotopic (exact) mass is 398 g/mol. The van der Waals surface area contributed by atoms with Crippen LogP contribution in [0.2, 0.25) is 0 Å². The predicted octanol–water partition coefficient (Wildman–Crippen LogP) is 2.10. The predicted molar refractivity (Wildman–Crippen MR) is 108 cm³/mol. The van der Waals surface area contributed by atoms with Crippen molar-refractivity contribution in [3.05, 3.63) is 69.8 Å². The van der Waals surface area contributed by atoms with Crippen LogP contribution in [0.25, 0.3) is 0 Å². The molecule has 1 heterocycles. The van der Waals surface area contributed by atoms with Crippen LogP contribution in [0.3, 0.4) is 0 Å². The van der Waals surface area contributed by atoms with E-state index in [0.717, 1.165) is 5.56 Å². The fourth-order valence-corrected chi connectivity index (χ4v) is 2.88. The molecular weight excluding hydrogens is 376 g/mol. The lowest BCUT2D eigenvalue weighted by molar-refractivity contribution is -0.384. The zero-order valence-electron chi connectivity index (χ0n) is 15.8. The Labute approximate surface area is 168 Å². The van der Waals surface area contributed by atoms with E-state index in [-0.39, 0.29) is 18.2 Å². The number of nitrogens with zero attached hydrogens (tertiary/aromatic N) is 3. The summed E-state index contributed by atoms with van der Waals surface area (Å²) in [6, 6.07) is 14.4. The minimum absolute atomic E-state index is 0.00328. The number of carbonyl (C=O) groups is 1. The normalized spacial score (nSPS) is 14.0. The quantitative estimate of drug-likeness (QED) is 0.415. The molecule has 1 aliphatic rings. The Hall–Kier alpha value is -3.46. The van der Waals surface area contributed by atoms with E-state index in [1.807, 2.05) is 35.2 Å². The van der Waals surface area contributed by atoms with Crippen LogP contribution < -0.4 is 10.2 Å². The molecule has 1 fully saturated rings. The standard InChI is InChI=1S/C20H22N4O5/c25-20(21-13-16-4-2-1-3-5-16)15-29-22-14-17-6-7-18(19(12-17)24(26)27)23-8-10-28-11-9-23/h1-7,12,14H,8-11,13,15H2,(H,21,25)/b22-14-. The molecular formula is C20H22N4O5. The first kappa shape index (κ1) is 20.3. The molecule has 0 aliphatic carbocycles. The van der Waals surface area contributed by atoms with Crippen molar-refractivity contribution in [3.8, 4) is 0 Å². The summed E-state index contributed by atoms with van der Waals surface area (Å²) in [6.07, 6.45) is 1.35. The summed E-state index contributed by atoms with van der Waals surface area (Å²) in [5, 5.41) is 17.9. The zero-order valence-corrected chi connectivity index (χ0v) is 15.8.